The van der Waals surface area contributed by atoms with Crippen LogP contribution in [0.5, 0.6) is 0 Å². The zero-order valence-corrected chi connectivity index (χ0v) is 16.2. The lowest BCUT2D eigenvalue weighted by molar-refractivity contribution is -0.345. The molecule has 5 rings (SSSR count). The fourth-order valence-corrected chi connectivity index (χ4v) is 5.08. The molecule has 0 aliphatic carbocycles. The average Bonchev–Trinajstić information content (AvgIpc) is 3.31. The molecule has 0 bridgehead atoms. The number of hydrogen-bond acceptors (Lipinski definition) is 4. The Hall–Kier alpha value is -2.22. The van der Waals surface area contributed by atoms with Gasteiger partial charge in [0, 0.05) is 49.0 Å². The Bertz CT molecular complexity index is 1170. The van der Waals surface area contributed by atoms with Gasteiger partial charge in [0.25, 0.3) is 5.65 Å². The van der Waals surface area contributed by atoms with Crippen molar-refractivity contribution in [3.8, 4) is 0 Å². The summed E-state index contributed by atoms with van der Waals surface area (Å²) in [7, 11) is 0. The number of nitrogens with one attached hydrogen (secondary N) is 2. The molecule has 0 saturated carbocycles. The standard InChI is InChI=1S/C19H18ClN5OS/c20-19-23-9-13(27-19)11-24-6-2-12(3-7-24)25-8-4-16(26)15-10-22-18-14(17(15)25)1-5-21-18/h1,4-5,8-10,12H,2-3,6-7,11H2,(H,21,22)/p+1. The number of aromatic amines is 2. The number of nitrogens with zero attached hydrogens (tertiary/aromatic N) is 3. The summed E-state index contributed by atoms with van der Waals surface area (Å²) in [5.74, 6) is 0. The number of thiazole rings is 1. The van der Waals surface area contributed by atoms with Crippen LogP contribution < -0.4 is 10.4 Å². The third-order valence-electron chi connectivity index (χ3n) is 5.38. The number of likely N-dealkylation sites (tertiary alicyclic amines) is 1. The first-order chi connectivity index (χ1) is 13.2. The van der Waals surface area contributed by atoms with E-state index in [2.05, 4.69) is 24.4 Å². The van der Waals surface area contributed by atoms with E-state index in [0.29, 0.717) is 10.5 Å². The van der Waals surface area contributed by atoms with Gasteiger partial charge in [-0.3, -0.25) is 9.69 Å². The van der Waals surface area contributed by atoms with E-state index in [1.54, 1.807) is 17.4 Å². The molecular formula is C19H19ClN5OS+. The first-order valence-electron chi connectivity index (χ1n) is 9.04. The smallest absolute Gasteiger partial charge is 0.286 e. The fraction of sp³-hybridized carbons (Fsp3) is 0.316. The normalized spacial score (nSPS) is 16.5. The van der Waals surface area contributed by atoms with Crippen LogP contribution in [0.3, 0.4) is 0 Å². The monoisotopic (exact) mass is 400 g/mol. The molecule has 1 aliphatic heterocycles. The second-order valence-corrected chi connectivity index (χ2v) is 8.69. The Morgan fingerprint density at radius 3 is 2.93 bits per heavy atom. The number of halogens is 1. The van der Waals surface area contributed by atoms with E-state index in [4.69, 9.17) is 11.6 Å². The van der Waals surface area contributed by atoms with Crippen molar-refractivity contribution in [3.63, 3.8) is 0 Å². The van der Waals surface area contributed by atoms with E-state index in [-0.39, 0.29) is 5.43 Å². The summed E-state index contributed by atoms with van der Waals surface area (Å²) in [5.41, 5.74) is 2.02. The molecule has 0 atom stereocenters. The topological polar surface area (TPSA) is 68.1 Å². The highest BCUT2D eigenvalue weighted by Crippen LogP contribution is 2.29. The highest BCUT2D eigenvalue weighted by atomic mass is 35.5. The summed E-state index contributed by atoms with van der Waals surface area (Å²) in [4.78, 5) is 26.5. The van der Waals surface area contributed by atoms with Crippen molar-refractivity contribution in [1.82, 2.24) is 19.4 Å². The quantitative estimate of drug-likeness (QED) is 0.574. The van der Waals surface area contributed by atoms with Crippen molar-refractivity contribution in [2.75, 3.05) is 13.1 Å². The fourth-order valence-electron chi connectivity index (χ4n) is 4.06. The van der Waals surface area contributed by atoms with Gasteiger partial charge in [-0.2, -0.15) is 0 Å². The van der Waals surface area contributed by atoms with Crippen molar-refractivity contribution in [2.24, 2.45) is 0 Å². The predicted molar refractivity (Wildman–Crippen MR) is 107 cm³/mol. The molecular weight excluding hydrogens is 382 g/mol. The van der Waals surface area contributed by atoms with Crippen LogP contribution in [-0.4, -0.2) is 32.5 Å². The number of hydrogen-bond donors (Lipinski definition) is 1. The lowest BCUT2D eigenvalue weighted by atomic mass is 10.0. The van der Waals surface area contributed by atoms with Crippen LogP contribution in [0.1, 0.15) is 23.8 Å². The van der Waals surface area contributed by atoms with E-state index >= 15 is 0 Å². The molecule has 1 aliphatic rings. The van der Waals surface area contributed by atoms with Gasteiger partial charge in [0.2, 0.25) is 0 Å². The Balaban J connectivity index is 1.44. The van der Waals surface area contributed by atoms with Crippen LogP contribution in [-0.2, 0) is 6.54 Å². The van der Waals surface area contributed by atoms with E-state index in [0.717, 1.165) is 54.4 Å². The van der Waals surface area contributed by atoms with Crippen LogP contribution in [0.4, 0.5) is 0 Å². The second kappa shape index (κ2) is 6.74. The third-order valence-corrected chi connectivity index (χ3v) is 6.48. The molecule has 5 heterocycles. The van der Waals surface area contributed by atoms with Crippen LogP contribution in [0.25, 0.3) is 21.9 Å². The van der Waals surface area contributed by atoms with Gasteiger partial charge in [-0.15, -0.1) is 11.3 Å². The number of pyridine rings is 2. The molecule has 0 spiro atoms. The SMILES string of the molecule is O=c1ccn(C2CCN(Cc3cnc(Cl)s3)CC2)c2c1c[nH+]c1[nH]ccc12. The highest BCUT2D eigenvalue weighted by molar-refractivity contribution is 7.15. The van der Waals surface area contributed by atoms with Crippen LogP contribution >= 0.6 is 22.9 Å². The van der Waals surface area contributed by atoms with Crippen molar-refractivity contribution in [3.05, 3.63) is 56.5 Å². The summed E-state index contributed by atoms with van der Waals surface area (Å²) in [5, 5.41) is 1.80. The Morgan fingerprint density at radius 1 is 1.30 bits per heavy atom. The number of fused-ring (bicyclic) bond motifs is 3. The number of aromatic nitrogens is 4. The van der Waals surface area contributed by atoms with Crippen molar-refractivity contribution in [1.29, 1.82) is 0 Å². The van der Waals surface area contributed by atoms with Gasteiger partial charge in [0.15, 0.2) is 9.90 Å². The zero-order valence-electron chi connectivity index (χ0n) is 14.6. The zero-order chi connectivity index (χ0) is 18.4. The number of H-pyrrole nitrogens is 2. The Morgan fingerprint density at radius 2 is 2.15 bits per heavy atom. The first kappa shape index (κ1) is 16.9. The molecule has 1 fully saturated rings. The second-order valence-electron chi connectivity index (χ2n) is 6.99. The maximum absolute atomic E-state index is 12.4. The summed E-state index contributed by atoms with van der Waals surface area (Å²) < 4.78 is 2.90. The van der Waals surface area contributed by atoms with Gasteiger partial charge in [-0.1, -0.05) is 11.6 Å². The summed E-state index contributed by atoms with van der Waals surface area (Å²) in [6.07, 6.45) is 9.65. The average molecular weight is 401 g/mol. The van der Waals surface area contributed by atoms with Gasteiger partial charge >= 0.3 is 0 Å². The summed E-state index contributed by atoms with van der Waals surface area (Å²) >= 11 is 7.49. The van der Waals surface area contributed by atoms with Gasteiger partial charge in [0.05, 0.1) is 22.5 Å². The molecule has 138 valence electrons. The number of rotatable bonds is 3. The van der Waals surface area contributed by atoms with Gasteiger partial charge in [-0.05, 0) is 18.9 Å². The lowest BCUT2D eigenvalue weighted by Crippen LogP contribution is -2.34. The number of piperidine rings is 1. The maximum atomic E-state index is 12.4. The van der Waals surface area contributed by atoms with E-state index in [9.17, 15) is 4.79 Å². The third kappa shape index (κ3) is 3.05. The summed E-state index contributed by atoms with van der Waals surface area (Å²) in [6, 6.07) is 4.10. The molecule has 6 nitrogen and oxygen atoms in total. The van der Waals surface area contributed by atoms with Gasteiger partial charge < -0.3 is 4.57 Å². The first-order valence-corrected chi connectivity index (χ1v) is 10.2. The maximum Gasteiger partial charge on any atom is 0.286 e. The molecule has 0 unspecified atom stereocenters. The minimum atomic E-state index is 0.0557. The minimum Gasteiger partial charge on any atom is -0.343 e. The molecule has 1 saturated heterocycles. The molecule has 0 aromatic carbocycles. The molecule has 0 amide bonds. The molecule has 0 radical (unpaired) electrons. The minimum absolute atomic E-state index is 0.0557. The van der Waals surface area contributed by atoms with Crippen LogP contribution in [0, 0.1) is 0 Å². The predicted octanol–water partition coefficient (Wildman–Crippen LogP) is 3.24. The van der Waals surface area contributed by atoms with E-state index in [1.807, 2.05) is 30.9 Å². The van der Waals surface area contributed by atoms with E-state index in [1.165, 1.54) is 4.88 Å². The highest BCUT2D eigenvalue weighted by Gasteiger charge is 2.23. The Labute approximate surface area is 164 Å². The Kier molecular flexibility index (Phi) is 4.22. The molecule has 4 aromatic heterocycles. The summed E-state index contributed by atoms with van der Waals surface area (Å²) in [6.45, 7) is 2.94. The van der Waals surface area contributed by atoms with Crippen molar-refractivity contribution >= 4 is 44.9 Å². The van der Waals surface area contributed by atoms with Gasteiger partial charge in [-0.25, -0.2) is 15.0 Å². The molecule has 2 N–H and O–H groups in total. The molecule has 4 aromatic rings. The van der Waals surface area contributed by atoms with Crippen LogP contribution in [0.15, 0.2) is 41.7 Å². The lowest BCUT2D eigenvalue weighted by Gasteiger charge is -2.33. The van der Waals surface area contributed by atoms with Gasteiger partial charge in [0.1, 0.15) is 6.20 Å². The molecule has 27 heavy (non-hydrogen) atoms. The van der Waals surface area contributed by atoms with E-state index < -0.39 is 0 Å². The molecule has 8 heteroatoms. The van der Waals surface area contributed by atoms with Crippen molar-refractivity contribution < 1.29 is 4.98 Å². The van der Waals surface area contributed by atoms with Crippen molar-refractivity contribution in [2.45, 2.75) is 25.4 Å². The van der Waals surface area contributed by atoms with Crippen LogP contribution in [0.2, 0.25) is 4.47 Å². The largest absolute Gasteiger partial charge is 0.343 e.